The van der Waals surface area contributed by atoms with Crippen LogP contribution >= 0.6 is 0 Å². The Morgan fingerprint density at radius 1 is 1.25 bits per heavy atom. The first-order valence-electron chi connectivity index (χ1n) is 6.23. The number of nitrogens with zero attached hydrogens (tertiary/aromatic N) is 2. The average Bonchev–Trinajstić information content (AvgIpc) is 2.42. The molecule has 1 heterocycles. The first kappa shape index (κ1) is 14.0. The number of methoxy groups -OCH3 is 1. The van der Waals surface area contributed by atoms with E-state index in [9.17, 15) is 9.59 Å². The molecule has 104 valence electrons. The summed E-state index contributed by atoms with van der Waals surface area (Å²) < 4.78 is 6.24. The lowest BCUT2D eigenvalue weighted by molar-refractivity contribution is 0.0600. The van der Waals surface area contributed by atoms with Crippen molar-refractivity contribution in [2.24, 2.45) is 0 Å². The summed E-state index contributed by atoms with van der Waals surface area (Å²) in [6.45, 7) is 4.03. The van der Waals surface area contributed by atoms with Crippen LogP contribution in [0.2, 0.25) is 0 Å². The zero-order chi connectivity index (χ0) is 14.7. The van der Waals surface area contributed by atoms with E-state index in [1.54, 1.807) is 42.7 Å². The van der Waals surface area contributed by atoms with Gasteiger partial charge in [0.05, 0.1) is 19.2 Å². The molecule has 2 aromatic rings. The number of hydrogen-bond acceptors (Lipinski definition) is 4. The molecule has 0 amide bonds. The van der Waals surface area contributed by atoms with E-state index in [-0.39, 0.29) is 11.5 Å². The van der Waals surface area contributed by atoms with E-state index in [1.807, 2.05) is 0 Å². The molecule has 1 aromatic carbocycles. The fourth-order valence-electron chi connectivity index (χ4n) is 2.00. The van der Waals surface area contributed by atoms with Crippen molar-refractivity contribution < 1.29 is 9.53 Å². The minimum Gasteiger partial charge on any atom is -0.465 e. The molecule has 5 heteroatoms. The molecule has 0 fully saturated rings. The predicted octanol–water partition coefficient (Wildman–Crippen LogP) is 1.70. The Bertz CT molecular complexity index is 687. The molecule has 0 bridgehead atoms. The monoisotopic (exact) mass is 272 g/mol. The summed E-state index contributed by atoms with van der Waals surface area (Å²) in [5.74, 6) is 0.300. The van der Waals surface area contributed by atoms with E-state index in [0.29, 0.717) is 23.6 Å². The number of esters is 1. The van der Waals surface area contributed by atoms with Crippen molar-refractivity contribution in [3.8, 4) is 0 Å². The van der Waals surface area contributed by atoms with Crippen LogP contribution in [0.1, 0.15) is 27.4 Å². The zero-order valence-electron chi connectivity index (χ0n) is 11.7. The van der Waals surface area contributed by atoms with Crippen molar-refractivity contribution >= 4 is 5.97 Å². The lowest BCUT2D eigenvalue weighted by Gasteiger charge is -2.10. The normalized spacial score (nSPS) is 10.3. The lowest BCUT2D eigenvalue weighted by Crippen LogP contribution is -2.24. The van der Waals surface area contributed by atoms with Gasteiger partial charge in [-0.2, -0.15) is 0 Å². The van der Waals surface area contributed by atoms with Gasteiger partial charge in [0.1, 0.15) is 5.82 Å². The van der Waals surface area contributed by atoms with Gasteiger partial charge in [-0.05, 0) is 31.5 Å². The molecule has 20 heavy (non-hydrogen) atoms. The van der Waals surface area contributed by atoms with Gasteiger partial charge in [-0.1, -0.05) is 12.1 Å². The van der Waals surface area contributed by atoms with Gasteiger partial charge in [0.25, 0.3) is 5.56 Å². The molecule has 0 atom stereocenters. The van der Waals surface area contributed by atoms with Crippen LogP contribution in [-0.2, 0) is 11.3 Å². The van der Waals surface area contributed by atoms with Crippen molar-refractivity contribution in [3.63, 3.8) is 0 Å². The number of hydrogen-bond donors (Lipinski definition) is 0. The molecule has 0 aliphatic heterocycles. The Morgan fingerprint density at radius 2 is 1.90 bits per heavy atom. The Hall–Kier alpha value is -2.43. The van der Waals surface area contributed by atoms with Crippen LogP contribution in [-0.4, -0.2) is 22.6 Å². The van der Waals surface area contributed by atoms with Crippen molar-refractivity contribution in [2.45, 2.75) is 20.4 Å². The maximum absolute atomic E-state index is 11.9. The summed E-state index contributed by atoms with van der Waals surface area (Å²) in [4.78, 5) is 27.6. The number of aromatic nitrogens is 2. The summed E-state index contributed by atoms with van der Waals surface area (Å²) in [6, 6.07) is 8.48. The van der Waals surface area contributed by atoms with E-state index >= 15 is 0 Å². The third kappa shape index (κ3) is 2.93. The Labute approximate surface area is 116 Å². The highest BCUT2D eigenvalue weighted by molar-refractivity contribution is 5.89. The number of rotatable bonds is 3. The first-order chi connectivity index (χ1) is 9.51. The second-order valence-corrected chi connectivity index (χ2v) is 4.56. The molecule has 0 radical (unpaired) electrons. The van der Waals surface area contributed by atoms with E-state index < -0.39 is 0 Å². The fourth-order valence-corrected chi connectivity index (χ4v) is 2.00. The Kier molecular flexibility index (Phi) is 3.98. The molecule has 0 N–H and O–H groups in total. The van der Waals surface area contributed by atoms with Crippen LogP contribution in [0.5, 0.6) is 0 Å². The van der Waals surface area contributed by atoms with Crippen molar-refractivity contribution in [3.05, 3.63) is 63.3 Å². The number of carbonyl (C=O) groups is 1. The first-order valence-corrected chi connectivity index (χ1v) is 6.23. The molecule has 0 saturated heterocycles. The van der Waals surface area contributed by atoms with Crippen LogP contribution < -0.4 is 5.56 Å². The van der Waals surface area contributed by atoms with Crippen LogP contribution in [0.25, 0.3) is 0 Å². The third-order valence-electron chi connectivity index (χ3n) is 3.04. The second kappa shape index (κ2) is 5.69. The summed E-state index contributed by atoms with van der Waals surface area (Å²) in [6.07, 6.45) is 0. The van der Waals surface area contributed by atoms with Crippen LogP contribution in [0.3, 0.4) is 0 Å². The van der Waals surface area contributed by atoms with Crippen molar-refractivity contribution in [1.29, 1.82) is 0 Å². The van der Waals surface area contributed by atoms with Crippen LogP contribution in [0, 0.1) is 13.8 Å². The number of benzene rings is 1. The van der Waals surface area contributed by atoms with Gasteiger partial charge in [-0.25, -0.2) is 9.78 Å². The van der Waals surface area contributed by atoms with Gasteiger partial charge in [0.15, 0.2) is 0 Å². The number of carbonyl (C=O) groups excluding carboxylic acids is 1. The highest BCUT2D eigenvalue weighted by Crippen LogP contribution is 2.07. The minimum absolute atomic E-state index is 0.0768. The van der Waals surface area contributed by atoms with Gasteiger partial charge in [0, 0.05) is 11.8 Å². The topological polar surface area (TPSA) is 61.2 Å². The molecule has 0 saturated carbocycles. The van der Waals surface area contributed by atoms with Gasteiger partial charge >= 0.3 is 5.97 Å². The van der Waals surface area contributed by atoms with Gasteiger partial charge in [-0.3, -0.25) is 9.36 Å². The summed E-state index contributed by atoms with van der Waals surface area (Å²) in [5, 5.41) is 0. The average molecular weight is 272 g/mol. The molecular weight excluding hydrogens is 256 g/mol. The fraction of sp³-hybridized carbons (Fsp3) is 0.267. The van der Waals surface area contributed by atoms with Gasteiger partial charge in [0.2, 0.25) is 0 Å². The van der Waals surface area contributed by atoms with Crippen molar-refractivity contribution in [2.75, 3.05) is 7.11 Å². The summed E-state index contributed by atoms with van der Waals surface area (Å²) in [7, 11) is 1.34. The molecule has 0 aliphatic rings. The summed E-state index contributed by atoms with van der Waals surface area (Å²) in [5.41, 5.74) is 2.05. The molecule has 1 aromatic heterocycles. The molecule has 2 rings (SSSR count). The van der Waals surface area contributed by atoms with E-state index in [2.05, 4.69) is 9.72 Å². The number of ether oxygens (including phenoxy) is 1. The lowest BCUT2D eigenvalue weighted by atomic mass is 10.1. The smallest absolute Gasteiger partial charge is 0.337 e. The van der Waals surface area contributed by atoms with E-state index in [0.717, 1.165) is 5.56 Å². The van der Waals surface area contributed by atoms with Crippen LogP contribution in [0.15, 0.2) is 35.1 Å². The molecular formula is C15H16N2O3. The Balaban J connectivity index is 2.27. The summed E-state index contributed by atoms with van der Waals surface area (Å²) >= 11 is 0. The molecule has 0 spiro atoms. The Morgan fingerprint density at radius 3 is 2.45 bits per heavy atom. The van der Waals surface area contributed by atoms with Crippen molar-refractivity contribution in [1.82, 2.24) is 9.55 Å². The van der Waals surface area contributed by atoms with E-state index in [4.69, 9.17) is 0 Å². The zero-order valence-corrected chi connectivity index (χ0v) is 11.7. The maximum Gasteiger partial charge on any atom is 0.337 e. The highest BCUT2D eigenvalue weighted by atomic mass is 16.5. The molecule has 0 aliphatic carbocycles. The number of aryl methyl sites for hydroxylation is 2. The van der Waals surface area contributed by atoms with Gasteiger partial charge in [-0.15, -0.1) is 0 Å². The maximum atomic E-state index is 11.9. The SMILES string of the molecule is COC(=O)c1ccc(Cn2c(C)nc(C)cc2=O)cc1. The van der Waals surface area contributed by atoms with Crippen LogP contribution in [0.4, 0.5) is 0 Å². The van der Waals surface area contributed by atoms with Gasteiger partial charge < -0.3 is 4.74 Å². The molecule has 5 nitrogen and oxygen atoms in total. The quantitative estimate of drug-likeness (QED) is 0.798. The largest absolute Gasteiger partial charge is 0.465 e. The highest BCUT2D eigenvalue weighted by Gasteiger charge is 2.07. The second-order valence-electron chi connectivity index (χ2n) is 4.56. The third-order valence-corrected chi connectivity index (χ3v) is 3.04. The predicted molar refractivity (Wildman–Crippen MR) is 74.9 cm³/mol. The standard InChI is InChI=1S/C15H16N2O3/c1-10-8-14(18)17(11(2)16-10)9-12-4-6-13(7-5-12)15(19)20-3/h4-8H,9H2,1-3H3. The van der Waals surface area contributed by atoms with E-state index in [1.165, 1.54) is 13.2 Å². The molecule has 0 unspecified atom stereocenters. The minimum atomic E-state index is -0.373.